The van der Waals surface area contributed by atoms with Crippen LogP contribution in [-0.4, -0.2) is 35.9 Å². The highest BCUT2D eigenvalue weighted by Crippen LogP contribution is 2.21. The summed E-state index contributed by atoms with van der Waals surface area (Å²) < 4.78 is 7.75. The molecule has 1 N–H and O–H groups in total. The van der Waals surface area contributed by atoms with E-state index >= 15 is 0 Å². The van der Waals surface area contributed by atoms with Crippen molar-refractivity contribution in [2.75, 3.05) is 5.32 Å². The molecule has 11 heteroatoms. The van der Waals surface area contributed by atoms with E-state index in [2.05, 4.69) is 25.9 Å². The fourth-order valence-electron chi connectivity index (χ4n) is 2.38. The van der Waals surface area contributed by atoms with Gasteiger partial charge in [0, 0.05) is 12.1 Å². The number of rotatable bonds is 6. The third-order valence-corrected chi connectivity index (χ3v) is 4.49. The van der Waals surface area contributed by atoms with Crippen molar-refractivity contribution in [2.45, 2.75) is 13.0 Å². The number of aryl methyl sites for hydroxylation is 1. The van der Waals surface area contributed by atoms with Crippen LogP contribution in [0.3, 0.4) is 0 Å². The lowest BCUT2D eigenvalue weighted by Gasteiger charge is -2.06. The fourth-order valence-corrected chi connectivity index (χ4v) is 3.03. The number of nitrogens with one attached hydrogen (secondary N) is 1. The van der Waals surface area contributed by atoms with Crippen molar-refractivity contribution in [1.29, 1.82) is 0 Å². The monoisotopic (exact) mass is 383 g/mol. The maximum atomic E-state index is 12.2. The molecule has 1 amide bonds. The lowest BCUT2D eigenvalue weighted by molar-refractivity contribution is -0.116. The largest absolute Gasteiger partial charge is 0.437 e. The van der Waals surface area contributed by atoms with Gasteiger partial charge in [-0.15, -0.1) is 21.5 Å². The second-order valence-electron chi connectivity index (χ2n) is 5.48. The summed E-state index contributed by atoms with van der Waals surface area (Å²) >= 11 is 1.42. The first-order valence-corrected chi connectivity index (χ1v) is 8.82. The van der Waals surface area contributed by atoms with Crippen molar-refractivity contribution in [1.82, 2.24) is 30.0 Å². The van der Waals surface area contributed by atoms with Gasteiger partial charge in [-0.05, 0) is 40.1 Å². The minimum absolute atomic E-state index is 0.0748. The standard InChI is InChI=1S/C16H13N7O3S/c24-14(18-11-3-1-4-12(9-11)23-10-17-20-21-23)6-7-22-16(25)26-15(19-22)13-5-2-8-27-13/h1-5,8-10H,6-7H2,(H,18,24). The molecular formula is C16H13N7O3S. The number of hydrogen-bond donors (Lipinski definition) is 1. The van der Waals surface area contributed by atoms with Gasteiger partial charge < -0.3 is 9.73 Å². The summed E-state index contributed by atoms with van der Waals surface area (Å²) in [4.78, 5) is 24.8. The highest BCUT2D eigenvalue weighted by Gasteiger charge is 2.12. The molecule has 0 aliphatic rings. The van der Waals surface area contributed by atoms with E-state index in [1.807, 2.05) is 23.6 Å². The Morgan fingerprint density at radius 3 is 2.96 bits per heavy atom. The number of nitrogens with zero attached hydrogens (tertiary/aromatic N) is 6. The smallest absolute Gasteiger partial charge is 0.387 e. The number of carbonyl (C=O) groups excluding carboxylic acids is 1. The zero-order chi connectivity index (χ0) is 18.6. The van der Waals surface area contributed by atoms with Gasteiger partial charge in [-0.1, -0.05) is 12.1 Å². The van der Waals surface area contributed by atoms with Crippen molar-refractivity contribution in [3.05, 3.63) is 58.7 Å². The van der Waals surface area contributed by atoms with Gasteiger partial charge in [-0.25, -0.2) is 9.48 Å². The van der Waals surface area contributed by atoms with Crippen LogP contribution in [0.5, 0.6) is 0 Å². The molecule has 4 rings (SSSR count). The first kappa shape index (κ1) is 16.8. The second-order valence-corrected chi connectivity index (χ2v) is 6.42. The molecule has 4 aromatic rings. The maximum Gasteiger partial charge on any atom is 0.437 e. The van der Waals surface area contributed by atoms with Gasteiger partial charge in [0.2, 0.25) is 5.91 Å². The lowest BCUT2D eigenvalue weighted by atomic mass is 10.2. The van der Waals surface area contributed by atoms with Gasteiger partial charge in [0.15, 0.2) is 0 Å². The Morgan fingerprint density at radius 2 is 2.19 bits per heavy atom. The van der Waals surface area contributed by atoms with Gasteiger partial charge in [0.05, 0.1) is 17.1 Å². The van der Waals surface area contributed by atoms with Gasteiger partial charge in [0.1, 0.15) is 6.33 Å². The predicted octanol–water partition coefficient (Wildman–Crippen LogP) is 1.57. The highest BCUT2D eigenvalue weighted by molar-refractivity contribution is 7.13. The van der Waals surface area contributed by atoms with Crippen LogP contribution >= 0.6 is 11.3 Å². The second kappa shape index (κ2) is 7.33. The molecule has 3 aromatic heterocycles. The van der Waals surface area contributed by atoms with E-state index in [0.29, 0.717) is 11.4 Å². The topological polar surface area (TPSA) is 121 Å². The summed E-state index contributed by atoms with van der Waals surface area (Å²) in [6.45, 7) is 0.117. The number of benzene rings is 1. The van der Waals surface area contributed by atoms with E-state index in [9.17, 15) is 9.59 Å². The molecule has 0 atom stereocenters. The number of aromatic nitrogens is 6. The molecular weight excluding hydrogens is 370 g/mol. The summed E-state index contributed by atoms with van der Waals surface area (Å²) in [7, 11) is 0. The number of tetrazole rings is 1. The number of amides is 1. The van der Waals surface area contributed by atoms with Gasteiger partial charge in [-0.3, -0.25) is 4.79 Å². The molecule has 0 saturated carbocycles. The van der Waals surface area contributed by atoms with E-state index < -0.39 is 5.76 Å². The van der Waals surface area contributed by atoms with Crippen LogP contribution in [0, 0.1) is 0 Å². The Hall–Kier alpha value is -3.60. The van der Waals surface area contributed by atoms with Crippen LogP contribution in [0.1, 0.15) is 6.42 Å². The van der Waals surface area contributed by atoms with E-state index in [-0.39, 0.29) is 24.8 Å². The zero-order valence-corrected chi connectivity index (χ0v) is 14.7. The first-order chi connectivity index (χ1) is 13.2. The quantitative estimate of drug-likeness (QED) is 0.536. The Labute approximate surface area is 156 Å². The fraction of sp³-hybridized carbons (Fsp3) is 0.125. The molecule has 3 heterocycles. The van der Waals surface area contributed by atoms with Crippen molar-refractivity contribution < 1.29 is 9.21 Å². The minimum Gasteiger partial charge on any atom is -0.387 e. The van der Waals surface area contributed by atoms with E-state index in [4.69, 9.17) is 4.42 Å². The third kappa shape index (κ3) is 3.82. The van der Waals surface area contributed by atoms with Crippen molar-refractivity contribution in [3.8, 4) is 16.5 Å². The zero-order valence-electron chi connectivity index (χ0n) is 13.8. The van der Waals surface area contributed by atoms with Gasteiger partial charge in [0.25, 0.3) is 5.89 Å². The van der Waals surface area contributed by atoms with Gasteiger partial charge >= 0.3 is 5.76 Å². The number of hydrogen-bond acceptors (Lipinski definition) is 8. The van der Waals surface area contributed by atoms with Crippen LogP contribution in [0.4, 0.5) is 5.69 Å². The van der Waals surface area contributed by atoms with Crippen LogP contribution in [0.2, 0.25) is 0 Å². The van der Waals surface area contributed by atoms with Crippen LogP contribution in [0.15, 0.2) is 57.3 Å². The summed E-state index contributed by atoms with van der Waals surface area (Å²) in [6, 6.07) is 10.7. The summed E-state index contributed by atoms with van der Waals surface area (Å²) in [5.74, 6) is -0.590. The highest BCUT2D eigenvalue weighted by atomic mass is 32.1. The summed E-state index contributed by atoms with van der Waals surface area (Å²) in [6.07, 6.45) is 1.54. The van der Waals surface area contributed by atoms with Crippen molar-refractivity contribution in [3.63, 3.8) is 0 Å². The number of thiophene rings is 1. The lowest BCUT2D eigenvalue weighted by Crippen LogP contribution is -2.21. The van der Waals surface area contributed by atoms with Crippen molar-refractivity contribution >= 4 is 22.9 Å². The molecule has 0 spiro atoms. The summed E-state index contributed by atoms with van der Waals surface area (Å²) in [5, 5.41) is 19.7. The predicted molar refractivity (Wildman–Crippen MR) is 96.5 cm³/mol. The molecule has 0 aliphatic carbocycles. The molecule has 1 aromatic carbocycles. The van der Waals surface area contributed by atoms with Crippen LogP contribution < -0.4 is 11.1 Å². The average molecular weight is 383 g/mol. The maximum absolute atomic E-state index is 12.2. The molecule has 0 bridgehead atoms. The molecule has 0 fully saturated rings. The Bertz CT molecular complexity index is 1100. The Morgan fingerprint density at radius 1 is 1.26 bits per heavy atom. The van der Waals surface area contributed by atoms with Crippen LogP contribution in [0.25, 0.3) is 16.5 Å². The SMILES string of the molecule is O=C(CCn1nc(-c2cccs2)oc1=O)Nc1cccc(-n2cnnn2)c1. The average Bonchev–Trinajstić information content (AvgIpc) is 3.42. The molecule has 136 valence electrons. The normalized spacial score (nSPS) is 10.8. The number of carbonyl (C=O) groups is 1. The third-order valence-electron chi connectivity index (χ3n) is 3.63. The van der Waals surface area contributed by atoms with Crippen molar-refractivity contribution in [2.24, 2.45) is 0 Å². The van der Waals surface area contributed by atoms with E-state index in [1.165, 1.54) is 22.3 Å². The molecule has 0 saturated heterocycles. The number of anilines is 1. The minimum atomic E-state index is -0.591. The molecule has 0 unspecified atom stereocenters. The van der Waals surface area contributed by atoms with E-state index in [1.54, 1.807) is 18.2 Å². The Balaban J connectivity index is 1.39. The summed E-state index contributed by atoms with van der Waals surface area (Å²) in [5.41, 5.74) is 1.31. The molecule has 0 aliphatic heterocycles. The Kier molecular flexibility index (Phi) is 4.58. The first-order valence-electron chi connectivity index (χ1n) is 7.94. The molecule has 10 nitrogen and oxygen atoms in total. The van der Waals surface area contributed by atoms with Gasteiger partial charge in [-0.2, -0.15) is 4.68 Å². The molecule has 27 heavy (non-hydrogen) atoms. The van der Waals surface area contributed by atoms with E-state index in [0.717, 1.165) is 9.56 Å². The molecule has 0 radical (unpaired) electrons. The van der Waals surface area contributed by atoms with Crippen LogP contribution in [-0.2, 0) is 11.3 Å².